The largest absolute Gasteiger partial charge is 0.355 e. The Morgan fingerprint density at radius 2 is 2.00 bits per heavy atom. The lowest BCUT2D eigenvalue weighted by Gasteiger charge is -2.21. The Labute approximate surface area is 167 Å². The first kappa shape index (κ1) is 21.1. The van der Waals surface area contributed by atoms with Crippen molar-refractivity contribution in [3.8, 4) is 0 Å². The zero-order chi connectivity index (χ0) is 16.5. The summed E-state index contributed by atoms with van der Waals surface area (Å²) in [6, 6.07) is 12.1. The highest BCUT2D eigenvalue weighted by Crippen LogP contribution is 2.08. The number of guanidine groups is 1. The monoisotopic (exact) mass is 477 g/mol. The summed E-state index contributed by atoms with van der Waals surface area (Å²) in [5, 5.41) is 7.50. The highest BCUT2D eigenvalue weighted by Gasteiger charge is 2.08. The molecule has 1 atom stereocenters. The first-order valence-corrected chi connectivity index (χ1v) is 9.94. The van der Waals surface area contributed by atoms with Gasteiger partial charge >= 0.3 is 0 Å². The smallest absolute Gasteiger partial charge is 0.193 e. The van der Waals surface area contributed by atoms with E-state index in [4.69, 9.17) is 0 Å². The molecule has 1 heterocycles. The van der Waals surface area contributed by atoms with Crippen LogP contribution >= 0.6 is 35.3 Å². The van der Waals surface area contributed by atoms with Gasteiger partial charge < -0.3 is 10.2 Å². The van der Waals surface area contributed by atoms with Gasteiger partial charge in [0.1, 0.15) is 0 Å². The maximum absolute atomic E-state index is 12.1. The van der Waals surface area contributed by atoms with Crippen LogP contribution in [0.2, 0.25) is 0 Å². The number of benzene rings is 1. The van der Waals surface area contributed by atoms with Gasteiger partial charge in [-0.3, -0.25) is 9.20 Å². The molecular weight excluding hydrogens is 453 g/mol. The van der Waals surface area contributed by atoms with Crippen LogP contribution in [0, 0.1) is 0 Å². The fourth-order valence-corrected chi connectivity index (χ4v) is 3.92. The Morgan fingerprint density at radius 3 is 2.62 bits per heavy atom. The second-order valence-corrected chi connectivity index (χ2v) is 7.59. The second kappa shape index (κ2) is 11.6. The summed E-state index contributed by atoms with van der Waals surface area (Å²) in [4.78, 5) is 6.36. The summed E-state index contributed by atoms with van der Waals surface area (Å²) in [5.41, 5.74) is 2.39. The van der Waals surface area contributed by atoms with Crippen LogP contribution in [0.3, 0.4) is 0 Å². The molecule has 1 unspecified atom stereocenters. The molecule has 132 valence electrons. The Balaban J connectivity index is 0.00000288. The van der Waals surface area contributed by atoms with Crippen LogP contribution in [-0.2, 0) is 23.1 Å². The Kier molecular flexibility index (Phi) is 10.2. The molecule has 0 aliphatic rings. The Hall–Kier alpha value is -0.930. The molecule has 0 fully saturated rings. The highest BCUT2D eigenvalue weighted by atomic mass is 127. The van der Waals surface area contributed by atoms with Gasteiger partial charge in [-0.1, -0.05) is 30.3 Å². The number of hydrogen-bond acceptors (Lipinski definition) is 3. The number of nitrogens with one attached hydrogen (secondary N) is 1. The van der Waals surface area contributed by atoms with Crippen molar-refractivity contribution >= 4 is 52.1 Å². The van der Waals surface area contributed by atoms with Crippen molar-refractivity contribution in [3.05, 3.63) is 58.3 Å². The maximum Gasteiger partial charge on any atom is 0.193 e. The SMILES string of the molecule is CN=C(NCCS(=O)Cc1ccccc1)N(C)Cc1ccsc1.I. The van der Waals surface area contributed by atoms with Gasteiger partial charge in [0.2, 0.25) is 0 Å². The van der Waals surface area contributed by atoms with Crippen LogP contribution in [-0.4, -0.2) is 41.5 Å². The zero-order valence-corrected chi connectivity index (χ0v) is 17.9. The van der Waals surface area contributed by atoms with E-state index in [0.717, 1.165) is 18.1 Å². The molecule has 1 aromatic carbocycles. The number of thiophene rings is 1. The van der Waals surface area contributed by atoms with Gasteiger partial charge in [-0.05, 0) is 28.0 Å². The lowest BCUT2D eigenvalue weighted by molar-refractivity contribution is 0.480. The van der Waals surface area contributed by atoms with E-state index in [1.54, 1.807) is 18.4 Å². The van der Waals surface area contributed by atoms with Crippen LogP contribution in [0.1, 0.15) is 11.1 Å². The van der Waals surface area contributed by atoms with E-state index in [1.165, 1.54) is 5.56 Å². The van der Waals surface area contributed by atoms with Gasteiger partial charge in [-0.2, -0.15) is 11.3 Å². The van der Waals surface area contributed by atoms with E-state index >= 15 is 0 Å². The topological polar surface area (TPSA) is 44.7 Å². The van der Waals surface area contributed by atoms with Gasteiger partial charge in [0.15, 0.2) is 5.96 Å². The van der Waals surface area contributed by atoms with Crippen LogP contribution in [0.15, 0.2) is 52.2 Å². The molecule has 24 heavy (non-hydrogen) atoms. The third-order valence-electron chi connectivity index (χ3n) is 3.36. The average molecular weight is 477 g/mol. The van der Waals surface area contributed by atoms with Crippen molar-refractivity contribution in [3.63, 3.8) is 0 Å². The molecule has 4 nitrogen and oxygen atoms in total. The van der Waals surface area contributed by atoms with E-state index in [-0.39, 0.29) is 24.0 Å². The molecule has 0 saturated heterocycles. The summed E-state index contributed by atoms with van der Waals surface area (Å²) < 4.78 is 12.1. The molecule has 2 aromatic rings. The van der Waals surface area contributed by atoms with Crippen molar-refractivity contribution in [1.29, 1.82) is 0 Å². The Bertz CT molecular complexity index is 633. The lowest BCUT2D eigenvalue weighted by atomic mass is 10.2. The van der Waals surface area contributed by atoms with Crippen molar-refractivity contribution in [1.82, 2.24) is 10.2 Å². The molecule has 0 bridgehead atoms. The van der Waals surface area contributed by atoms with Gasteiger partial charge in [0.25, 0.3) is 0 Å². The predicted molar refractivity (Wildman–Crippen MR) is 116 cm³/mol. The van der Waals surface area contributed by atoms with Gasteiger partial charge in [-0.25, -0.2) is 0 Å². The third-order valence-corrected chi connectivity index (χ3v) is 5.40. The van der Waals surface area contributed by atoms with E-state index in [9.17, 15) is 4.21 Å². The van der Waals surface area contributed by atoms with E-state index in [0.29, 0.717) is 18.1 Å². The van der Waals surface area contributed by atoms with Crippen molar-refractivity contribution < 1.29 is 4.21 Å². The minimum atomic E-state index is -0.868. The average Bonchev–Trinajstić information content (AvgIpc) is 3.05. The van der Waals surface area contributed by atoms with E-state index in [2.05, 4.69) is 32.0 Å². The van der Waals surface area contributed by atoms with Crippen molar-refractivity contribution in [2.24, 2.45) is 4.99 Å². The number of halogens is 1. The number of aliphatic imine (C=N–C) groups is 1. The van der Waals surface area contributed by atoms with Crippen LogP contribution < -0.4 is 5.32 Å². The van der Waals surface area contributed by atoms with E-state index in [1.807, 2.05) is 37.4 Å². The normalized spacial score (nSPS) is 12.3. The fraction of sp³-hybridized carbons (Fsp3) is 0.353. The minimum absolute atomic E-state index is 0. The van der Waals surface area contributed by atoms with Gasteiger partial charge in [0, 0.05) is 49.5 Å². The lowest BCUT2D eigenvalue weighted by Crippen LogP contribution is -2.40. The minimum Gasteiger partial charge on any atom is -0.355 e. The van der Waals surface area contributed by atoms with Crippen LogP contribution in [0.4, 0.5) is 0 Å². The molecule has 7 heteroatoms. The summed E-state index contributed by atoms with van der Waals surface area (Å²) in [5.74, 6) is 2.04. The highest BCUT2D eigenvalue weighted by molar-refractivity contribution is 14.0. The molecule has 1 aromatic heterocycles. The summed E-state index contributed by atoms with van der Waals surface area (Å²) in [6.07, 6.45) is 0. The van der Waals surface area contributed by atoms with Gasteiger partial charge in [-0.15, -0.1) is 24.0 Å². The molecule has 0 spiro atoms. The molecule has 1 N–H and O–H groups in total. The molecule has 0 aliphatic heterocycles. The summed E-state index contributed by atoms with van der Waals surface area (Å²) >= 11 is 1.70. The number of nitrogens with zero attached hydrogens (tertiary/aromatic N) is 2. The van der Waals surface area contributed by atoms with Crippen LogP contribution in [0.25, 0.3) is 0 Å². The number of rotatable bonds is 7. The zero-order valence-electron chi connectivity index (χ0n) is 14.0. The summed E-state index contributed by atoms with van der Waals surface area (Å²) in [6.45, 7) is 1.47. The molecule has 0 aliphatic carbocycles. The molecule has 0 radical (unpaired) electrons. The molecule has 2 rings (SSSR count). The quantitative estimate of drug-likeness (QED) is 0.378. The Morgan fingerprint density at radius 1 is 1.25 bits per heavy atom. The fourth-order valence-electron chi connectivity index (χ4n) is 2.23. The third kappa shape index (κ3) is 7.31. The first-order chi connectivity index (χ1) is 11.2. The van der Waals surface area contributed by atoms with Crippen molar-refractivity contribution in [2.75, 3.05) is 26.4 Å². The van der Waals surface area contributed by atoms with Gasteiger partial charge in [0.05, 0.1) is 0 Å². The standard InChI is InChI=1S/C17H23N3OS2.HI/c1-18-17(20(2)12-16-8-10-22-13-16)19-9-11-23(21)14-15-6-4-3-5-7-15;/h3-8,10,13H,9,11-12,14H2,1-2H3,(H,18,19);1H. The predicted octanol–water partition coefficient (Wildman–Crippen LogP) is 3.32. The summed E-state index contributed by atoms with van der Waals surface area (Å²) in [7, 11) is 2.91. The first-order valence-electron chi connectivity index (χ1n) is 7.51. The maximum atomic E-state index is 12.1. The van der Waals surface area contributed by atoms with Crippen molar-refractivity contribution in [2.45, 2.75) is 12.3 Å². The number of hydrogen-bond donors (Lipinski definition) is 1. The van der Waals surface area contributed by atoms with Crippen LogP contribution in [0.5, 0.6) is 0 Å². The molecular formula is C17H24IN3OS2. The molecule has 0 amide bonds. The second-order valence-electron chi connectivity index (χ2n) is 5.24. The molecule has 0 saturated carbocycles. The van der Waals surface area contributed by atoms with E-state index < -0.39 is 10.8 Å².